The lowest BCUT2D eigenvalue weighted by Crippen LogP contribution is -2.12. The summed E-state index contributed by atoms with van der Waals surface area (Å²) < 4.78 is 21.4. The summed E-state index contributed by atoms with van der Waals surface area (Å²) in [5.74, 6) is -0.481. The zero-order valence-corrected chi connectivity index (χ0v) is 21.0. The molecule has 0 saturated heterocycles. The van der Waals surface area contributed by atoms with Crippen molar-refractivity contribution < 1.29 is 28.5 Å². The Bertz CT molecular complexity index is 595. The first-order valence-electron chi connectivity index (χ1n) is 10.3. The molecule has 0 unspecified atom stereocenters. The molecule has 170 valence electrons. The van der Waals surface area contributed by atoms with E-state index < -0.39 is 11.9 Å². The van der Waals surface area contributed by atoms with Gasteiger partial charge in [0.1, 0.15) is 22.6 Å². The number of benzene rings is 1. The Morgan fingerprint density at radius 2 is 1.03 bits per heavy atom. The number of hydrogen-bond acceptors (Lipinski definition) is 6. The molecule has 0 aromatic heterocycles. The Morgan fingerprint density at radius 3 is 1.37 bits per heavy atom. The van der Waals surface area contributed by atoms with Crippen molar-refractivity contribution in [2.45, 2.75) is 51.4 Å². The molecule has 1 rings (SSSR count). The molecule has 8 heteroatoms. The van der Waals surface area contributed by atoms with E-state index in [0.29, 0.717) is 24.7 Å². The average molecular weight is 552 g/mol. The van der Waals surface area contributed by atoms with Crippen molar-refractivity contribution >= 4 is 43.8 Å². The van der Waals surface area contributed by atoms with Crippen LogP contribution in [0.25, 0.3) is 0 Å². The molecule has 1 aromatic rings. The number of carbonyl (C=O) groups excluding carboxylic acids is 2. The molecule has 0 spiro atoms. The molecule has 0 saturated carbocycles. The minimum absolute atomic E-state index is 0.236. The van der Waals surface area contributed by atoms with Gasteiger partial charge in [0.05, 0.1) is 27.4 Å². The van der Waals surface area contributed by atoms with E-state index in [-0.39, 0.29) is 11.1 Å². The second kappa shape index (κ2) is 16.4. The Hall–Kier alpha value is -1.28. The molecule has 0 aliphatic carbocycles. The van der Waals surface area contributed by atoms with Crippen LogP contribution in [0.3, 0.4) is 0 Å². The third-order valence-electron chi connectivity index (χ3n) is 4.46. The molecule has 0 amide bonds. The number of unbranched alkanes of at least 4 members (excludes halogenated alkanes) is 6. The summed E-state index contributed by atoms with van der Waals surface area (Å²) in [5, 5.41) is 1.97. The first kappa shape index (κ1) is 26.8. The Kier molecular flexibility index (Phi) is 14.6. The summed E-state index contributed by atoms with van der Waals surface area (Å²) in [5.41, 5.74) is 0.472. The van der Waals surface area contributed by atoms with E-state index in [9.17, 15) is 9.59 Å². The van der Waals surface area contributed by atoms with Crippen LogP contribution < -0.4 is 9.47 Å². The number of esters is 2. The number of carbonyl (C=O) groups is 2. The van der Waals surface area contributed by atoms with Crippen molar-refractivity contribution in [3.63, 3.8) is 0 Å². The van der Waals surface area contributed by atoms with E-state index in [2.05, 4.69) is 31.9 Å². The minimum atomic E-state index is -0.539. The van der Waals surface area contributed by atoms with Gasteiger partial charge in [-0.05, 0) is 37.8 Å². The minimum Gasteiger partial charge on any atom is -0.493 e. The third-order valence-corrected chi connectivity index (χ3v) is 5.58. The summed E-state index contributed by atoms with van der Waals surface area (Å²) >= 11 is 6.83. The number of ether oxygens (including phenoxy) is 4. The molecule has 6 nitrogen and oxygen atoms in total. The smallest absolute Gasteiger partial charge is 0.341 e. The van der Waals surface area contributed by atoms with Gasteiger partial charge in [-0.2, -0.15) is 0 Å². The van der Waals surface area contributed by atoms with Crippen LogP contribution >= 0.6 is 31.9 Å². The Labute approximate surface area is 196 Å². The van der Waals surface area contributed by atoms with E-state index in [1.165, 1.54) is 26.4 Å². The number of rotatable bonds is 16. The highest BCUT2D eigenvalue weighted by Crippen LogP contribution is 2.31. The number of methoxy groups -OCH3 is 2. The van der Waals surface area contributed by atoms with E-state index in [0.717, 1.165) is 62.0 Å². The highest BCUT2D eigenvalue weighted by molar-refractivity contribution is 9.09. The SMILES string of the molecule is COC(=O)c1cc(OCCCCCCBr)c(C(=O)OC)cc1OCCCCCCBr. The maximum absolute atomic E-state index is 12.3. The summed E-state index contributed by atoms with van der Waals surface area (Å²) in [6.45, 7) is 0.890. The highest BCUT2D eigenvalue weighted by atomic mass is 79.9. The summed E-state index contributed by atoms with van der Waals surface area (Å²) in [6.07, 6.45) is 8.20. The van der Waals surface area contributed by atoms with Gasteiger partial charge in [0.2, 0.25) is 0 Å². The second-order valence-corrected chi connectivity index (χ2v) is 8.32. The van der Waals surface area contributed by atoms with Gasteiger partial charge in [0.15, 0.2) is 0 Å². The van der Waals surface area contributed by atoms with Crippen molar-refractivity contribution in [1.82, 2.24) is 0 Å². The first-order valence-corrected chi connectivity index (χ1v) is 12.6. The van der Waals surface area contributed by atoms with Crippen molar-refractivity contribution in [2.24, 2.45) is 0 Å². The molecule has 0 heterocycles. The quantitative estimate of drug-likeness (QED) is 0.144. The Balaban J connectivity index is 2.92. The molecule has 0 radical (unpaired) electrons. The van der Waals surface area contributed by atoms with Crippen molar-refractivity contribution in [3.05, 3.63) is 23.3 Å². The molecule has 0 bridgehead atoms. The molecule has 0 aliphatic rings. The molecular weight excluding hydrogens is 520 g/mol. The second-order valence-electron chi connectivity index (χ2n) is 6.73. The zero-order valence-electron chi connectivity index (χ0n) is 17.8. The normalized spacial score (nSPS) is 10.5. The van der Waals surface area contributed by atoms with Crippen molar-refractivity contribution in [3.8, 4) is 11.5 Å². The van der Waals surface area contributed by atoms with Gasteiger partial charge in [-0.3, -0.25) is 0 Å². The zero-order chi connectivity index (χ0) is 22.2. The van der Waals surface area contributed by atoms with Gasteiger partial charge in [-0.1, -0.05) is 57.5 Å². The molecule has 0 N–H and O–H groups in total. The van der Waals surface area contributed by atoms with Gasteiger partial charge < -0.3 is 18.9 Å². The lowest BCUT2D eigenvalue weighted by Gasteiger charge is -2.16. The van der Waals surface area contributed by atoms with Crippen LogP contribution in [0.15, 0.2) is 12.1 Å². The molecular formula is C22H32Br2O6. The van der Waals surface area contributed by atoms with Gasteiger partial charge in [-0.25, -0.2) is 9.59 Å². The van der Waals surface area contributed by atoms with Crippen LogP contribution in [0.2, 0.25) is 0 Å². The molecule has 30 heavy (non-hydrogen) atoms. The third kappa shape index (κ3) is 9.69. The average Bonchev–Trinajstić information content (AvgIpc) is 2.77. The number of hydrogen-bond donors (Lipinski definition) is 0. The summed E-state index contributed by atoms with van der Waals surface area (Å²) in [4.78, 5) is 24.6. The predicted octanol–water partition coefficient (Wildman–Crippen LogP) is 5.93. The first-order chi connectivity index (χ1) is 14.6. The van der Waals surface area contributed by atoms with Crippen LogP contribution in [-0.2, 0) is 9.47 Å². The van der Waals surface area contributed by atoms with Crippen molar-refractivity contribution in [1.29, 1.82) is 0 Å². The topological polar surface area (TPSA) is 71.1 Å². The largest absolute Gasteiger partial charge is 0.493 e. The van der Waals surface area contributed by atoms with E-state index in [4.69, 9.17) is 18.9 Å². The lowest BCUT2D eigenvalue weighted by atomic mass is 10.1. The van der Waals surface area contributed by atoms with Gasteiger partial charge >= 0.3 is 11.9 Å². The van der Waals surface area contributed by atoms with Gasteiger partial charge in [-0.15, -0.1) is 0 Å². The van der Waals surface area contributed by atoms with Crippen LogP contribution in [-0.4, -0.2) is 50.0 Å². The molecule has 1 aromatic carbocycles. The van der Waals surface area contributed by atoms with E-state index in [1.54, 1.807) is 0 Å². The fourth-order valence-corrected chi connectivity index (χ4v) is 3.60. The van der Waals surface area contributed by atoms with Crippen LogP contribution in [0.4, 0.5) is 0 Å². The van der Waals surface area contributed by atoms with Crippen LogP contribution in [0.1, 0.15) is 72.1 Å². The Morgan fingerprint density at radius 1 is 0.667 bits per heavy atom. The van der Waals surface area contributed by atoms with Crippen LogP contribution in [0.5, 0.6) is 11.5 Å². The standard InChI is InChI=1S/C22H32Br2O6/c1-27-21(25)17-15-20(30-14-10-6-4-8-12-24)18(22(26)28-2)16-19(17)29-13-9-5-3-7-11-23/h15-16H,3-14H2,1-2H3. The van der Waals surface area contributed by atoms with Crippen LogP contribution in [0, 0.1) is 0 Å². The maximum Gasteiger partial charge on any atom is 0.341 e. The van der Waals surface area contributed by atoms with E-state index in [1.807, 2.05) is 0 Å². The maximum atomic E-state index is 12.3. The summed E-state index contributed by atoms with van der Waals surface area (Å²) in [7, 11) is 2.62. The van der Waals surface area contributed by atoms with Gasteiger partial charge in [0, 0.05) is 10.7 Å². The fourth-order valence-electron chi connectivity index (χ4n) is 2.80. The molecule has 0 aliphatic heterocycles. The number of halogens is 2. The molecule has 0 fully saturated rings. The fraction of sp³-hybridized carbons (Fsp3) is 0.636. The lowest BCUT2D eigenvalue weighted by molar-refractivity contribution is 0.0578. The monoisotopic (exact) mass is 550 g/mol. The van der Waals surface area contributed by atoms with Crippen molar-refractivity contribution in [2.75, 3.05) is 38.1 Å². The predicted molar refractivity (Wildman–Crippen MR) is 125 cm³/mol. The number of alkyl halides is 2. The summed E-state index contributed by atoms with van der Waals surface area (Å²) in [6, 6.07) is 3.02. The van der Waals surface area contributed by atoms with E-state index >= 15 is 0 Å². The highest BCUT2D eigenvalue weighted by Gasteiger charge is 2.22. The molecule has 0 atom stereocenters. The van der Waals surface area contributed by atoms with Gasteiger partial charge in [0.25, 0.3) is 0 Å².